The highest BCUT2D eigenvalue weighted by Crippen LogP contribution is 2.31. The molecular formula is C15H23NO3. The van der Waals surface area contributed by atoms with Gasteiger partial charge < -0.3 is 20.3 Å². The first kappa shape index (κ1) is 14.5. The van der Waals surface area contributed by atoms with Crippen LogP contribution in [0.1, 0.15) is 25.8 Å². The van der Waals surface area contributed by atoms with Crippen molar-refractivity contribution < 1.29 is 14.6 Å². The van der Waals surface area contributed by atoms with Gasteiger partial charge in [-0.3, -0.25) is 0 Å². The maximum absolute atomic E-state index is 9.21. The lowest BCUT2D eigenvalue weighted by Gasteiger charge is -2.21. The molecule has 0 radical (unpaired) electrons. The third-order valence-corrected chi connectivity index (χ3v) is 3.41. The standard InChI is InChI=1S/C15H23NO3/c1-15(2)18-13(14(19-15)12(16)10-17)9-8-11-6-4-3-5-7-11/h3-7,12-14,17H,8-10,16H2,1-2H3/t12-,13+,14-/m0/s1. The molecule has 1 aliphatic heterocycles. The van der Waals surface area contributed by atoms with Crippen molar-refractivity contribution in [3.63, 3.8) is 0 Å². The molecule has 0 bridgehead atoms. The highest BCUT2D eigenvalue weighted by atomic mass is 16.8. The van der Waals surface area contributed by atoms with Gasteiger partial charge in [-0.1, -0.05) is 30.3 Å². The molecule has 0 aromatic heterocycles. The Morgan fingerprint density at radius 2 is 1.95 bits per heavy atom. The molecule has 0 amide bonds. The zero-order valence-corrected chi connectivity index (χ0v) is 11.6. The van der Waals surface area contributed by atoms with E-state index in [9.17, 15) is 5.11 Å². The molecule has 1 aromatic rings. The lowest BCUT2D eigenvalue weighted by atomic mass is 10.00. The Labute approximate surface area is 114 Å². The molecule has 4 nitrogen and oxygen atoms in total. The predicted molar refractivity (Wildman–Crippen MR) is 73.6 cm³/mol. The van der Waals surface area contributed by atoms with Crippen molar-refractivity contribution in [2.75, 3.05) is 6.61 Å². The average molecular weight is 265 g/mol. The Morgan fingerprint density at radius 3 is 2.58 bits per heavy atom. The average Bonchev–Trinajstić information content (AvgIpc) is 2.72. The molecule has 0 unspecified atom stereocenters. The number of ether oxygens (including phenoxy) is 2. The number of aliphatic hydroxyl groups is 1. The summed E-state index contributed by atoms with van der Waals surface area (Å²) in [6, 6.07) is 9.86. The van der Waals surface area contributed by atoms with Gasteiger partial charge in [0.1, 0.15) is 6.10 Å². The van der Waals surface area contributed by atoms with Crippen LogP contribution in [0.2, 0.25) is 0 Å². The summed E-state index contributed by atoms with van der Waals surface area (Å²) in [4.78, 5) is 0. The number of hydrogen-bond donors (Lipinski definition) is 2. The number of rotatable bonds is 5. The Kier molecular flexibility index (Phi) is 4.58. The van der Waals surface area contributed by atoms with Crippen LogP contribution < -0.4 is 5.73 Å². The second-order valence-electron chi connectivity index (χ2n) is 5.51. The molecule has 0 aliphatic carbocycles. The van der Waals surface area contributed by atoms with Crippen molar-refractivity contribution in [3.8, 4) is 0 Å². The summed E-state index contributed by atoms with van der Waals surface area (Å²) in [6.45, 7) is 3.67. The molecule has 4 heteroatoms. The first-order valence-corrected chi connectivity index (χ1v) is 6.78. The zero-order valence-electron chi connectivity index (χ0n) is 11.6. The van der Waals surface area contributed by atoms with Crippen molar-refractivity contribution in [2.24, 2.45) is 5.73 Å². The fraction of sp³-hybridized carbons (Fsp3) is 0.600. The van der Waals surface area contributed by atoms with Gasteiger partial charge in [0, 0.05) is 0 Å². The van der Waals surface area contributed by atoms with E-state index in [4.69, 9.17) is 15.2 Å². The molecule has 0 saturated carbocycles. The van der Waals surface area contributed by atoms with Gasteiger partial charge >= 0.3 is 0 Å². The molecule has 1 aliphatic rings. The van der Waals surface area contributed by atoms with Gasteiger partial charge in [0.2, 0.25) is 0 Å². The van der Waals surface area contributed by atoms with Crippen molar-refractivity contribution >= 4 is 0 Å². The summed E-state index contributed by atoms with van der Waals surface area (Å²) in [5, 5.41) is 9.21. The second kappa shape index (κ2) is 6.01. The number of benzene rings is 1. The molecule has 3 atom stereocenters. The summed E-state index contributed by atoms with van der Waals surface area (Å²) < 4.78 is 11.7. The van der Waals surface area contributed by atoms with Crippen LogP contribution in [-0.2, 0) is 15.9 Å². The van der Waals surface area contributed by atoms with Crippen molar-refractivity contribution in [2.45, 2.75) is 50.7 Å². The highest BCUT2D eigenvalue weighted by Gasteiger charge is 2.43. The van der Waals surface area contributed by atoms with Gasteiger partial charge in [-0.05, 0) is 32.3 Å². The van der Waals surface area contributed by atoms with E-state index < -0.39 is 11.8 Å². The highest BCUT2D eigenvalue weighted by molar-refractivity contribution is 5.15. The predicted octanol–water partition coefficient (Wildman–Crippen LogP) is 1.46. The minimum absolute atomic E-state index is 0.0719. The van der Waals surface area contributed by atoms with E-state index in [-0.39, 0.29) is 18.8 Å². The molecule has 2 rings (SSSR count). The van der Waals surface area contributed by atoms with Crippen molar-refractivity contribution in [3.05, 3.63) is 35.9 Å². The molecular weight excluding hydrogens is 242 g/mol. The molecule has 1 heterocycles. The van der Waals surface area contributed by atoms with Crippen molar-refractivity contribution in [1.29, 1.82) is 0 Å². The molecule has 1 saturated heterocycles. The number of aryl methyl sites for hydroxylation is 1. The lowest BCUT2D eigenvalue weighted by molar-refractivity contribution is -0.148. The molecule has 106 valence electrons. The third kappa shape index (κ3) is 3.76. The minimum Gasteiger partial charge on any atom is -0.395 e. The second-order valence-corrected chi connectivity index (χ2v) is 5.51. The summed E-state index contributed by atoms with van der Waals surface area (Å²) in [5.41, 5.74) is 7.17. The maximum atomic E-state index is 9.21. The molecule has 0 spiro atoms. The minimum atomic E-state index is -0.626. The largest absolute Gasteiger partial charge is 0.395 e. The van der Waals surface area contributed by atoms with Gasteiger partial charge in [0.25, 0.3) is 0 Å². The lowest BCUT2D eigenvalue weighted by Crippen LogP contribution is -2.44. The molecule has 1 aromatic carbocycles. The van der Waals surface area contributed by atoms with E-state index in [0.717, 1.165) is 12.8 Å². The van der Waals surface area contributed by atoms with Gasteiger partial charge in [0.15, 0.2) is 5.79 Å². The molecule has 3 N–H and O–H groups in total. The van der Waals surface area contributed by atoms with E-state index >= 15 is 0 Å². The Balaban J connectivity index is 1.97. The first-order valence-electron chi connectivity index (χ1n) is 6.78. The van der Waals surface area contributed by atoms with Gasteiger partial charge in [-0.15, -0.1) is 0 Å². The quantitative estimate of drug-likeness (QED) is 0.846. The molecule has 1 fully saturated rings. The number of nitrogens with two attached hydrogens (primary N) is 1. The molecule has 19 heavy (non-hydrogen) atoms. The van der Waals surface area contributed by atoms with E-state index in [2.05, 4.69) is 12.1 Å². The third-order valence-electron chi connectivity index (χ3n) is 3.41. The van der Waals surface area contributed by atoms with E-state index in [1.54, 1.807) is 0 Å². The first-order chi connectivity index (χ1) is 9.02. The number of aliphatic hydroxyl groups excluding tert-OH is 1. The fourth-order valence-corrected chi connectivity index (χ4v) is 2.51. The monoisotopic (exact) mass is 265 g/mol. The smallest absolute Gasteiger partial charge is 0.163 e. The van der Waals surface area contributed by atoms with E-state index in [0.29, 0.717) is 0 Å². The van der Waals surface area contributed by atoms with E-state index in [1.807, 2.05) is 32.0 Å². The van der Waals surface area contributed by atoms with E-state index in [1.165, 1.54) is 5.56 Å². The van der Waals surface area contributed by atoms with Crippen LogP contribution in [0.15, 0.2) is 30.3 Å². The van der Waals surface area contributed by atoms with Crippen LogP contribution >= 0.6 is 0 Å². The van der Waals surface area contributed by atoms with Crippen LogP contribution in [-0.4, -0.2) is 35.8 Å². The van der Waals surface area contributed by atoms with Crippen LogP contribution in [0.4, 0.5) is 0 Å². The van der Waals surface area contributed by atoms with Gasteiger partial charge in [0.05, 0.1) is 18.8 Å². The Morgan fingerprint density at radius 1 is 1.26 bits per heavy atom. The summed E-state index contributed by atoms with van der Waals surface area (Å²) in [7, 11) is 0. The van der Waals surface area contributed by atoms with Gasteiger partial charge in [-0.2, -0.15) is 0 Å². The number of hydrogen-bond acceptors (Lipinski definition) is 4. The normalized spacial score (nSPS) is 27.4. The van der Waals surface area contributed by atoms with Crippen LogP contribution in [0.25, 0.3) is 0 Å². The summed E-state index contributed by atoms with van der Waals surface area (Å²) in [5.74, 6) is -0.626. The maximum Gasteiger partial charge on any atom is 0.163 e. The SMILES string of the molecule is CC1(C)O[C@@H]([C@@H](N)CO)[C@@H](CCc2ccccc2)O1. The topological polar surface area (TPSA) is 64.7 Å². The van der Waals surface area contributed by atoms with Crippen LogP contribution in [0, 0.1) is 0 Å². The van der Waals surface area contributed by atoms with Crippen molar-refractivity contribution in [1.82, 2.24) is 0 Å². The zero-order chi connectivity index (χ0) is 13.9. The summed E-state index contributed by atoms with van der Waals surface area (Å²) in [6.07, 6.45) is 1.44. The Bertz CT molecular complexity index is 394. The van der Waals surface area contributed by atoms with Crippen LogP contribution in [0.3, 0.4) is 0 Å². The fourth-order valence-electron chi connectivity index (χ4n) is 2.51. The van der Waals surface area contributed by atoms with Gasteiger partial charge in [-0.25, -0.2) is 0 Å². The summed E-state index contributed by atoms with van der Waals surface area (Å²) >= 11 is 0. The Hall–Kier alpha value is -0.940. The van der Waals surface area contributed by atoms with Crippen LogP contribution in [0.5, 0.6) is 0 Å².